The number of hydrogen-bond donors (Lipinski definition) is 3. The van der Waals surface area contributed by atoms with Gasteiger partial charge in [0, 0.05) is 19.6 Å². The minimum absolute atomic E-state index is 0.145. The summed E-state index contributed by atoms with van der Waals surface area (Å²) < 4.78 is 0. The summed E-state index contributed by atoms with van der Waals surface area (Å²) in [6.07, 6.45) is 7.17. The Morgan fingerprint density at radius 2 is 2.00 bits per heavy atom. The monoisotopic (exact) mass is 270 g/mol. The molecule has 0 radical (unpaired) electrons. The molecule has 0 aliphatic heterocycles. The van der Waals surface area contributed by atoms with Gasteiger partial charge in [0.25, 0.3) is 0 Å². The van der Waals surface area contributed by atoms with Crippen molar-refractivity contribution in [1.82, 2.24) is 5.32 Å². The highest BCUT2D eigenvalue weighted by Crippen LogP contribution is 2.29. The quantitative estimate of drug-likeness (QED) is 0.628. The summed E-state index contributed by atoms with van der Waals surface area (Å²) in [7, 11) is 0. The van der Waals surface area contributed by atoms with Crippen molar-refractivity contribution in [3.05, 3.63) is 0 Å². The summed E-state index contributed by atoms with van der Waals surface area (Å²) in [5.74, 6) is 1.51. The zero-order valence-electron chi connectivity index (χ0n) is 12.2. The van der Waals surface area contributed by atoms with E-state index in [0.29, 0.717) is 30.7 Å². The fourth-order valence-corrected chi connectivity index (χ4v) is 2.93. The third-order valence-corrected chi connectivity index (χ3v) is 4.39. The van der Waals surface area contributed by atoms with Crippen molar-refractivity contribution < 1.29 is 9.90 Å². The Hall–Kier alpha value is -0.610. The van der Waals surface area contributed by atoms with Crippen molar-refractivity contribution in [3.8, 4) is 0 Å². The number of nitrogens with two attached hydrogens (primary N) is 1. The van der Waals surface area contributed by atoms with Crippen molar-refractivity contribution in [2.75, 3.05) is 19.7 Å². The van der Waals surface area contributed by atoms with Crippen molar-refractivity contribution in [2.45, 2.75) is 51.9 Å². The number of nitrogens with one attached hydrogen (secondary N) is 1. The van der Waals surface area contributed by atoms with Crippen LogP contribution in [0.15, 0.2) is 0 Å². The average Bonchev–Trinajstić information content (AvgIpc) is 2.43. The molecule has 112 valence electrons. The molecule has 1 fully saturated rings. The highest BCUT2D eigenvalue weighted by atomic mass is 16.3. The van der Waals surface area contributed by atoms with Gasteiger partial charge in [-0.3, -0.25) is 4.79 Å². The molecule has 3 unspecified atom stereocenters. The second-order valence-electron chi connectivity index (χ2n) is 6.01. The van der Waals surface area contributed by atoms with E-state index in [4.69, 9.17) is 5.73 Å². The first-order valence-electron chi connectivity index (χ1n) is 7.75. The molecule has 1 amide bonds. The average molecular weight is 270 g/mol. The van der Waals surface area contributed by atoms with Crippen molar-refractivity contribution in [2.24, 2.45) is 23.5 Å². The molecule has 0 aromatic rings. The molecule has 4 N–H and O–H groups in total. The summed E-state index contributed by atoms with van der Waals surface area (Å²) in [6.45, 7) is 3.83. The third kappa shape index (κ3) is 6.39. The van der Waals surface area contributed by atoms with Gasteiger partial charge in [-0.1, -0.05) is 19.8 Å². The molecule has 3 atom stereocenters. The van der Waals surface area contributed by atoms with Gasteiger partial charge >= 0.3 is 0 Å². The summed E-state index contributed by atoms with van der Waals surface area (Å²) in [5, 5.41) is 12.4. The molecular formula is C15H30N2O2. The van der Waals surface area contributed by atoms with Gasteiger partial charge < -0.3 is 16.2 Å². The van der Waals surface area contributed by atoms with E-state index in [2.05, 4.69) is 12.2 Å². The van der Waals surface area contributed by atoms with Gasteiger partial charge in [0.15, 0.2) is 0 Å². The van der Waals surface area contributed by atoms with E-state index in [1.54, 1.807) is 0 Å². The van der Waals surface area contributed by atoms with E-state index in [1.807, 2.05) is 0 Å². The number of aliphatic hydroxyl groups is 1. The molecule has 4 nitrogen and oxygen atoms in total. The molecule has 0 saturated heterocycles. The van der Waals surface area contributed by atoms with Gasteiger partial charge in [0.05, 0.1) is 0 Å². The smallest absolute Gasteiger partial charge is 0.220 e. The lowest BCUT2D eigenvalue weighted by Gasteiger charge is -2.30. The predicted octanol–water partition coefficient (Wildman–Crippen LogP) is 1.67. The summed E-state index contributed by atoms with van der Waals surface area (Å²) in [4.78, 5) is 11.8. The highest BCUT2D eigenvalue weighted by molar-refractivity contribution is 5.75. The topological polar surface area (TPSA) is 75.4 Å². The first-order chi connectivity index (χ1) is 9.17. The second-order valence-corrected chi connectivity index (χ2v) is 6.01. The van der Waals surface area contributed by atoms with E-state index in [1.165, 1.54) is 12.8 Å². The predicted molar refractivity (Wildman–Crippen MR) is 77.6 cm³/mol. The van der Waals surface area contributed by atoms with E-state index < -0.39 is 0 Å². The maximum atomic E-state index is 11.8. The van der Waals surface area contributed by atoms with E-state index >= 15 is 0 Å². The van der Waals surface area contributed by atoms with Crippen LogP contribution in [0, 0.1) is 17.8 Å². The molecule has 0 bridgehead atoms. The van der Waals surface area contributed by atoms with Crippen LogP contribution >= 0.6 is 0 Å². The Morgan fingerprint density at radius 1 is 1.32 bits per heavy atom. The van der Waals surface area contributed by atoms with Gasteiger partial charge in [-0.25, -0.2) is 0 Å². The summed E-state index contributed by atoms with van der Waals surface area (Å²) >= 11 is 0. The Bertz CT molecular complexity index is 259. The maximum Gasteiger partial charge on any atom is 0.220 e. The van der Waals surface area contributed by atoms with Gasteiger partial charge in [0.2, 0.25) is 5.91 Å². The van der Waals surface area contributed by atoms with E-state index in [0.717, 1.165) is 32.2 Å². The maximum absolute atomic E-state index is 11.8. The zero-order chi connectivity index (χ0) is 14.1. The van der Waals surface area contributed by atoms with Crippen LogP contribution < -0.4 is 11.1 Å². The molecule has 0 aromatic carbocycles. The molecule has 0 spiro atoms. The third-order valence-electron chi connectivity index (χ3n) is 4.39. The fraction of sp³-hybridized carbons (Fsp3) is 0.933. The van der Waals surface area contributed by atoms with Crippen molar-refractivity contribution in [1.29, 1.82) is 0 Å². The Kier molecular flexibility index (Phi) is 8.07. The lowest BCUT2D eigenvalue weighted by Crippen LogP contribution is -2.35. The number of amides is 1. The Balaban J connectivity index is 2.18. The normalized spacial score (nSPS) is 25.0. The summed E-state index contributed by atoms with van der Waals surface area (Å²) in [6, 6.07) is 0. The van der Waals surface area contributed by atoms with E-state index in [-0.39, 0.29) is 12.5 Å². The van der Waals surface area contributed by atoms with Gasteiger partial charge in [-0.2, -0.15) is 0 Å². The Morgan fingerprint density at radius 3 is 2.63 bits per heavy atom. The molecule has 4 heteroatoms. The molecule has 1 aliphatic rings. The number of carbonyl (C=O) groups excluding carboxylic acids is 1. The SMILES string of the molecule is CC(CCN)CCC(=O)NCC1CCCCC1CO. The minimum Gasteiger partial charge on any atom is -0.396 e. The molecule has 1 saturated carbocycles. The number of hydrogen-bond acceptors (Lipinski definition) is 3. The number of carbonyl (C=O) groups is 1. The van der Waals surface area contributed by atoms with Crippen molar-refractivity contribution in [3.63, 3.8) is 0 Å². The summed E-state index contributed by atoms with van der Waals surface area (Å²) in [5.41, 5.74) is 5.50. The lowest BCUT2D eigenvalue weighted by atomic mass is 9.79. The molecule has 1 aliphatic carbocycles. The van der Waals surface area contributed by atoms with Crippen LogP contribution in [0.3, 0.4) is 0 Å². The zero-order valence-corrected chi connectivity index (χ0v) is 12.2. The molecule has 1 rings (SSSR count). The second kappa shape index (κ2) is 9.32. The minimum atomic E-state index is 0.145. The molecule has 0 aromatic heterocycles. The van der Waals surface area contributed by atoms with Crippen LogP contribution in [0.2, 0.25) is 0 Å². The first-order valence-corrected chi connectivity index (χ1v) is 7.75. The largest absolute Gasteiger partial charge is 0.396 e. The van der Waals surface area contributed by atoms with Crippen LogP contribution in [0.1, 0.15) is 51.9 Å². The Labute approximate surface area is 117 Å². The van der Waals surface area contributed by atoms with Crippen LogP contribution in [-0.2, 0) is 4.79 Å². The standard InChI is InChI=1S/C15H30N2O2/c1-12(8-9-16)6-7-15(19)17-10-13-4-2-3-5-14(13)11-18/h12-14,18H,2-11,16H2,1H3,(H,17,19). The van der Waals surface area contributed by atoms with Crippen LogP contribution in [0.25, 0.3) is 0 Å². The number of rotatable bonds is 8. The fourth-order valence-electron chi connectivity index (χ4n) is 2.93. The number of aliphatic hydroxyl groups excluding tert-OH is 1. The van der Waals surface area contributed by atoms with Gasteiger partial charge in [-0.15, -0.1) is 0 Å². The highest BCUT2D eigenvalue weighted by Gasteiger charge is 2.24. The first kappa shape index (κ1) is 16.4. The van der Waals surface area contributed by atoms with E-state index in [9.17, 15) is 9.90 Å². The lowest BCUT2D eigenvalue weighted by molar-refractivity contribution is -0.121. The van der Waals surface area contributed by atoms with Gasteiger partial charge in [-0.05, 0) is 50.0 Å². The van der Waals surface area contributed by atoms with Crippen LogP contribution in [0.4, 0.5) is 0 Å². The molecular weight excluding hydrogens is 240 g/mol. The van der Waals surface area contributed by atoms with Gasteiger partial charge in [0.1, 0.15) is 0 Å². The van der Waals surface area contributed by atoms with Crippen LogP contribution in [0.5, 0.6) is 0 Å². The van der Waals surface area contributed by atoms with Crippen LogP contribution in [-0.4, -0.2) is 30.7 Å². The molecule has 0 heterocycles. The van der Waals surface area contributed by atoms with Crippen molar-refractivity contribution >= 4 is 5.91 Å². The molecule has 19 heavy (non-hydrogen) atoms.